The fourth-order valence-corrected chi connectivity index (χ4v) is 9.29. The van der Waals surface area contributed by atoms with E-state index < -0.39 is 0 Å². The van der Waals surface area contributed by atoms with Crippen molar-refractivity contribution in [3.63, 3.8) is 0 Å². The molecular formula is C52H34N2OS. The second-order valence-corrected chi connectivity index (χ2v) is 15.2. The minimum Gasteiger partial charge on any atom is -0.455 e. The molecule has 0 unspecified atom stereocenters. The molecule has 56 heavy (non-hydrogen) atoms. The van der Waals surface area contributed by atoms with E-state index in [1.165, 1.54) is 43.1 Å². The molecule has 0 N–H and O–H groups in total. The first-order valence-corrected chi connectivity index (χ1v) is 19.7. The summed E-state index contributed by atoms with van der Waals surface area (Å²) in [5.74, 6) is 0. The van der Waals surface area contributed by atoms with E-state index in [-0.39, 0.29) is 0 Å². The van der Waals surface area contributed by atoms with Crippen LogP contribution in [-0.4, -0.2) is 0 Å². The molecule has 0 spiro atoms. The Hall–Kier alpha value is -7.01. The zero-order chi connectivity index (χ0) is 37.0. The summed E-state index contributed by atoms with van der Waals surface area (Å²) in [5, 5.41) is 4.68. The fourth-order valence-electron chi connectivity index (χ4n) is 8.19. The van der Waals surface area contributed by atoms with E-state index in [1.54, 1.807) is 0 Å². The van der Waals surface area contributed by atoms with Crippen LogP contribution in [-0.2, 0) is 0 Å². The molecule has 4 heteroatoms. The molecule has 0 amide bonds. The first-order chi connectivity index (χ1) is 27.8. The molecule has 9 aromatic carbocycles. The standard InChI is InChI=1S/C52H34N2OS/c1-2-14-39(15-3-1)54-47-20-7-9-23-50(47)56-51-34-38(28-33-48(51)54)35-24-29-40(30-25-35)53(46-21-10-13-36-12-4-5-16-42(36)46)41-31-26-37(27-32-41)43-18-11-19-45-44-17-6-8-22-49(44)55-52(43)45/h1-34H. The van der Waals surface area contributed by atoms with Gasteiger partial charge in [0.1, 0.15) is 11.2 Å². The van der Waals surface area contributed by atoms with Gasteiger partial charge in [0.15, 0.2) is 0 Å². The van der Waals surface area contributed by atoms with Crippen molar-refractivity contribution in [1.82, 2.24) is 0 Å². The summed E-state index contributed by atoms with van der Waals surface area (Å²) in [5.41, 5.74) is 13.3. The van der Waals surface area contributed by atoms with E-state index in [4.69, 9.17) is 4.42 Å². The summed E-state index contributed by atoms with van der Waals surface area (Å²) in [4.78, 5) is 7.24. The van der Waals surface area contributed by atoms with Crippen LogP contribution in [0.3, 0.4) is 0 Å². The third-order valence-electron chi connectivity index (χ3n) is 10.8. The lowest BCUT2D eigenvalue weighted by molar-refractivity contribution is 0.670. The normalized spacial score (nSPS) is 12.2. The zero-order valence-electron chi connectivity index (χ0n) is 30.3. The maximum atomic E-state index is 6.41. The summed E-state index contributed by atoms with van der Waals surface area (Å²) in [6.07, 6.45) is 0. The molecule has 1 aliphatic heterocycles. The lowest BCUT2D eigenvalue weighted by Gasteiger charge is -2.33. The molecule has 3 nitrogen and oxygen atoms in total. The van der Waals surface area contributed by atoms with E-state index >= 15 is 0 Å². The molecule has 0 saturated heterocycles. The molecule has 0 bridgehead atoms. The van der Waals surface area contributed by atoms with E-state index in [2.05, 4.69) is 204 Å². The highest BCUT2D eigenvalue weighted by Crippen LogP contribution is 2.52. The van der Waals surface area contributed by atoms with Gasteiger partial charge in [-0.25, -0.2) is 0 Å². The maximum absolute atomic E-state index is 6.41. The van der Waals surface area contributed by atoms with Gasteiger partial charge in [0.2, 0.25) is 0 Å². The number of hydrogen-bond donors (Lipinski definition) is 0. The fraction of sp³-hybridized carbons (Fsp3) is 0. The average Bonchev–Trinajstić information content (AvgIpc) is 3.65. The number of furan rings is 1. The third kappa shape index (κ3) is 5.45. The first kappa shape index (κ1) is 32.4. The average molecular weight is 735 g/mol. The van der Waals surface area contributed by atoms with Crippen LogP contribution in [0, 0.1) is 0 Å². The van der Waals surface area contributed by atoms with Crippen molar-refractivity contribution in [2.45, 2.75) is 9.79 Å². The van der Waals surface area contributed by atoms with Crippen molar-refractivity contribution < 1.29 is 4.42 Å². The lowest BCUT2D eigenvalue weighted by atomic mass is 10.0. The lowest BCUT2D eigenvalue weighted by Crippen LogP contribution is -2.14. The van der Waals surface area contributed by atoms with Crippen molar-refractivity contribution >= 4 is 78.6 Å². The van der Waals surface area contributed by atoms with Crippen LogP contribution in [0.4, 0.5) is 34.1 Å². The van der Waals surface area contributed by atoms with E-state index in [9.17, 15) is 0 Å². The van der Waals surface area contributed by atoms with Crippen LogP contribution in [0.5, 0.6) is 0 Å². The molecule has 264 valence electrons. The summed E-state index contributed by atoms with van der Waals surface area (Å²) < 4.78 is 6.41. The Morgan fingerprint density at radius 2 is 1.05 bits per heavy atom. The van der Waals surface area contributed by atoms with E-state index in [1.807, 2.05) is 23.9 Å². The van der Waals surface area contributed by atoms with Crippen LogP contribution >= 0.6 is 11.8 Å². The number of rotatable bonds is 6. The van der Waals surface area contributed by atoms with Crippen LogP contribution in [0.15, 0.2) is 220 Å². The molecule has 0 aliphatic carbocycles. The molecule has 0 fully saturated rings. The summed E-state index contributed by atoms with van der Waals surface area (Å²) in [6, 6.07) is 73.9. The van der Waals surface area contributed by atoms with Gasteiger partial charge in [-0.2, -0.15) is 0 Å². The molecule has 11 rings (SSSR count). The second-order valence-electron chi connectivity index (χ2n) is 14.1. The Kier molecular flexibility index (Phi) is 7.75. The monoisotopic (exact) mass is 734 g/mol. The van der Waals surface area contributed by atoms with Crippen LogP contribution in [0.2, 0.25) is 0 Å². The smallest absolute Gasteiger partial charge is 0.143 e. The van der Waals surface area contributed by atoms with Gasteiger partial charge in [0.05, 0.1) is 17.1 Å². The van der Waals surface area contributed by atoms with Gasteiger partial charge < -0.3 is 14.2 Å². The Bertz CT molecular complexity index is 3050. The van der Waals surface area contributed by atoms with Crippen molar-refractivity contribution in [3.05, 3.63) is 206 Å². The number of nitrogens with zero attached hydrogens (tertiary/aromatic N) is 2. The van der Waals surface area contributed by atoms with Crippen LogP contribution in [0.1, 0.15) is 0 Å². The molecular weight excluding hydrogens is 701 g/mol. The van der Waals surface area contributed by atoms with Crippen LogP contribution in [0.25, 0.3) is 55.0 Å². The minimum atomic E-state index is 0.908. The number of hydrogen-bond acceptors (Lipinski definition) is 4. The maximum Gasteiger partial charge on any atom is 0.143 e. The second kappa shape index (κ2) is 13.4. The zero-order valence-corrected chi connectivity index (χ0v) is 31.2. The Morgan fingerprint density at radius 1 is 0.429 bits per heavy atom. The van der Waals surface area contributed by atoms with Crippen molar-refractivity contribution in [3.8, 4) is 22.3 Å². The van der Waals surface area contributed by atoms with Gasteiger partial charge in [-0.15, -0.1) is 0 Å². The molecule has 1 aromatic heterocycles. The summed E-state index contributed by atoms with van der Waals surface area (Å²) in [7, 11) is 0. The van der Waals surface area contributed by atoms with Gasteiger partial charge >= 0.3 is 0 Å². The van der Waals surface area contributed by atoms with Gasteiger partial charge in [0.25, 0.3) is 0 Å². The van der Waals surface area contributed by atoms with Crippen molar-refractivity contribution in [2.75, 3.05) is 9.80 Å². The molecule has 0 saturated carbocycles. The molecule has 10 aromatic rings. The first-order valence-electron chi connectivity index (χ1n) is 18.9. The minimum absolute atomic E-state index is 0.908. The SMILES string of the molecule is c1ccc(N2c3ccccc3Sc3cc(-c4ccc(N(c5ccc(-c6cccc7c6oc6ccccc67)cc5)c5cccc6ccccc56)cc4)ccc32)cc1. The highest BCUT2D eigenvalue weighted by Gasteiger charge is 2.25. The summed E-state index contributed by atoms with van der Waals surface area (Å²) >= 11 is 1.84. The highest BCUT2D eigenvalue weighted by atomic mass is 32.2. The Morgan fingerprint density at radius 3 is 1.89 bits per heavy atom. The van der Waals surface area contributed by atoms with Gasteiger partial charge in [-0.05, 0) is 94.9 Å². The Balaban J connectivity index is 0.979. The number of anilines is 6. The van der Waals surface area contributed by atoms with Crippen molar-refractivity contribution in [1.29, 1.82) is 0 Å². The summed E-state index contributed by atoms with van der Waals surface area (Å²) in [6.45, 7) is 0. The van der Waals surface area contributed by atoms with Crippen molar-refractivity contribution in [2.24, 2.45) is 0 Å². The van der Waals surface area contributed by atoms with Gasteiger partial charge in [-0.3, -0.25) is 0 Å². The van der Waals surface area contributed by atoms with E-state index in [0.29, 0.717) is 0 Å². The quantitative estimate of drug-likeness (QED) is 0.169. The number of fused-ring (bicyclic) bond motifs is 6. The van der Waals surface area contributed by atoms with E-state index in [0.717, 1.165) is 55.8 Å². The third-order valence-corrected chi connectivity index (χ3v) is 12.0. The number of benzene rings is 9. The van der Waals surface area contributed by atoms with Gasteiger partial charge in [0, 0.05) is 48.6 Å². The largest absolute Gasteiger partial charge is 0.455 e. The molecule has 2 heterocycles. The predicted molar refractivity (Wildman–Crippen MR) is 236 cm³/mol. The topological polar surface area (TPSA) is 19.6 Å². The number of para-hydroxylation sites is 4. The Labute approximate surface area is 329 Å². The van der Waals surface area contributed by atoms with Gasteiger partial charge in [-0.1, -0.05) is 145 Å². The molecule has 1 aliphatic rings. The van der Waals surface area contributed by atoms with Crippen LogP contribution < -0.4 is 9.80 Å². The highest BCUT2D eigenvalue weighted by molar-refractivity contribution is 7.99. The molecule has 0 radical (unpaired) electrons. The molecule has 0 atom stereocenters. The predicted octanol–water partition coefficient (Wildman–Crippen LogP) is 15.5.